The fourth-order valence-corrected chi connectivity index (χ4v) is 2.46. The molecule has 1 amide bonds. The molecule has 0 bridgehead atoms. The van der Waals surface area contributed by atoms with Gasteiger partial charge in [-0.15, -0.1) is 0 Å². The van der Waals surface area contributed by atoms with E-state index < -0.39 is 5.41 Å². The monoisotopic (exact) mass is 246 g/mol. The van der Waals surface area contributed by atoms with Gasteiger partial charge >= 0.3 is 0 Å². The first-order valence-electron chi connectivity index (χ1n) is 6.39. The van der Waals surface area contributed by atoms with Gasteiger partial charge in [-0.2, -0.15) is 10.4 Å². The second-order valence-corrected chi connectivity index (χ2v) is 4.98. The fraction of sp³-hybridized carbons (Fsp3) is 0.615. The number of nitrogens with zero attached hydrogens (tertiary/aromatic N) is 2. The Bertz CT molecular complexity index is 440. The molecule has 0 spiro atoms. The molecule has 0 aliphatic heterocycles. The van der Waals surface area contributed by atoms with Gasteiger partial charge in [0.2, 0.25) is 5.91 Å². The summed E-state index contributed by atoms with van der Waals surface area (Å²) in [4.78, 5) is 12.3. The van der Waals surface area contributed by atoms with Crippen molar-refractivity contribution in [2.24, 2.45) is 5.41 Å². The summed E-state index contributed by atoms with van der Waals surface area (Å²) in [6.45, 7) is 1.90. The Morgan fingerprint density at radius 1 is 1.56 bits per heavy atom. The van der Waals surface area contributed by atoms with Gasteiger partial charge in [0.15, 0.2) is 0 Å². The number of hydrogen-bond donors (Lipinski definition) is 2. The first kappa shape index (κ1) is 12.6. The van der Waals surface area contributed by atoms with Gasteiger partial charge in [-0.1, -0.05) is 19.3 Å². The highest BCUT2D eigenvalue weighted by atomic mass is 16.2. The van der Waals surface area contributed by atoms with E-state index in [0.29, 0.717) is 12.8 Å². The van der Waals surface area contributed by atoms with Gasteiger partial charge in [-0.05, 0) is 19.8 Å². The van der Waals surface area contributed by atoms with Crippen LogP contribution in [0, 0.1) is 16.7 Å². The van der Waals surface area contributed by atoms with Gasteiger partial charge < -0.3 is 5.32 Å². The third kappa shape index (κ3) is 2.37. The maximum absolute atomic E-state index is 12.3. The number of nitriles is 1. The molecule has 1 aliphatic rings. The lowest BCUT2D eigenvalue weighted by Crippen LogP contribution is -2.42. The first-order chi connectivity index (χ1) is 8.68. The van der Waals surface area contributed by atoms with Crippen LogP contribution in [0.4, 0.5) is 0 Å². The third-order valence-corrected chi connectivity index (χ3v) is 3.72. The minimum atomic E-state index is -0.823. The quantitative estimate of drug-likeness (QED) is 0.856. The van der Waals surface area contributed by atoms with Gasteiger partial charge in [-0.25, -0.2) is 0 Å². The highest BCUT2D eigenvalue weighted by Crippen LogP contribution is 2.36. The lowest BCUT2D eigenvalue weighted by Gasteiger charge is -2.30. The molecule has 1 unspecified atom stereocenters. The Hall–Kier alpha value is -1.83. The summed E-state index contributed by atoms with van der Waals surface area (Å²) in [6, 6.07) is 2.11. The third-order valence-electron chi connectivity index (χ3n) is 3.72. The van der Waals surface area contributed by atoms with Crippen LogP contribution in [-0.4, -0.2) is 16.1 Å². The summed E-state index contributed by atoms with van der Waals surface area (Å²) < 4.78 is 0. The molecule has 2 rings (SSSR count). The number of aromatic nitrogens is 2. The zero-order valence-corrected chi connectivity index (χ0v) is 10.6. The molecule has 96 valence electrons. The lowest BCUT2D eigenvalue weighted by molar-refractivity contribution is -0.130. The summed E-state index contributed by atoms with van der Waals surface area (Å²) in [5.74, 6) is -0.140. The number of carbonyl (C=O) groups is 1. The van der Waals surface area contributed by atoms with E-state index in [1.165, 1.54) is 0 Å². The minimum Gasteiger partial charge on any atom is -0.348 e. The number of amides is 1. The summed E-state index contributed by atoms with van der Waals surface area (Å²) >= 11 is 0. The van der Waals surface area contributed by atoms with Crippen molar-refractivity contribution in [1.82, 2.24) is 15.5 Å². The van der Waals surface area contributed by atoms with E-state index >= 15 is 0 Å². The van der Waals surface area contributed by atoms with Crippen LogP contribution in [0.5, 0.6) is 0 Å². The van der Waals surface area contributed by atoms with Gasteiger partial charge in [0.05, 0.1) is 18.3 Å². The molecule has 1 heterocycles. The van der Waals surface area contributed by atoms with Crippen LogP contribution in [0.3, 0.4) is 0 Å². The van der Waals surface area contributed by atoms with E-state index in [9.17, 15) is 10.1 Å². The Morgan fingerprint density at radius 3 is 2.83 bits per heavy atom. The van der Waals surface area contributed by atoms with Gasteiger partial charge in [-0.3, -0.25) is 9.89 Å². The molecule has 1 saturated carbocycles. The van der Waals surface area contributed by atoms with E-state index in [-0.39, 0.29) is 11.9 Å². The second-order valence-electron chi connectivity index (χ2n) is 4.98. The highest BCUT2D eigenvalue weighted by molar-refractivity contribution is 5.85. The summed E-state index contributed by atoms with van der Waals surface area (Å²) in [7, 11) is 0. The molecule has 0 radical (unpaired) electrons. The Kier molecular flexibility index (Phi) is 3.66. The van der Waals surface area contributed by atoms with Gasteiger partial charge in [0.1, 0.15) is 5.41 Å². The first-order valence-corrected chi connectivity index (χ1v) is 6.39. The van der Waals surface area contributed by atoms with Crippen molar-refractivity contribution in [2.45, 2.75) is 45.1 Å². The molecule has 1 atom stereocenters. The standard InChI is InChI=1S/C13H18N4O/c1-10(11-7-15-16-8-11)17-12(18)13(9-14)5-3-2-4-6-13/h7-8,10H,2-6H2,1H3,(H,15,16)(H,17,18). The van der Waals surface area contributed by atoms with E-state index in [1.54, 1.807) is 12.4 Å². The second kappa shape index (κ2) is 5.21. The minimum absolute atomic E-state index is 0.122. The molecular formula is C13H18N4O. The van der Waals surface area contributed by atoms with Crippen molar-refractivity contribution in [3.63, 3.8) is 0 Å². The normalized spacial score (nSPS) is 19.8. The SMILES string of the molecule is CC(NC(=O)C1(C#N)CCCCC1)c1cn[nH]c1. The zero-order chi connectivity index (χ0) is 13.0. The number of rotatable bonds is 3. The predicted octanol–water partition coefficient (Wildman–Crippen LogP) is 2.06. The van der Waals surface area contributed by atoms with E-state index in [0.717, 1.165) is 24.8 Å². The van der Waals surface area contributed by atoms with Crippen LogP contribution < -0.4 is 5.32 Å². The number of nitrogens with one attached hydrogen (secondary N) is 2. The molecule has 1 aromatic heterocycles. The average Bonchev–Trinajstić information content (AvgIpc) is 2.93. The van der Waals surface area contributed by atoms with Crippen molar-refractivity contribution in [3.05, 3.63) is 18.0 Å². The summed E-state index contributed by atoms with van der Waals surface area (Å²) in [5.41, 5.74) is 0.100. The molecule has 18 heavy (non-hydrogen) atoms. The van der Waals surface area contributed by atoms with Crippen LogP contribution in [-0.2, 0) is 4.79 Å². The largest absolute Gasteiger partial charge is 0.348 e. The van der Waals surface area contributed by atoms with E-state index in [1.807, 2.05) is 6.92 Å². The van der Waals surface area contributed by atoms with E-state index in [2.05, 4.69) is 21.6 Å². The van der Waals surface area contributed by atoms with Gasteiger partial charge in [0, 0.05) is 11.8 Å². The fourth-order valence-electron chi connectivity index (χ4n) is 2.46. The number of carbonyl (C=O) groups excluding carboxylic acids is 1. The van der Waals surface area contributed by atoms with Crippen molar-refractivity contribution < 1.29 is 4.79 Å². The van der Waals surface area contributed by atoms with Crippen LogP contribution in [0.1, 0.15) is 50.6 Å². The smallest absolute Gasteiger partial charge is 0.240 e. The Balaban J connectivity index is 2.04. The number of aromatic amines is 1. The molecule has 0 saturated heterocycles. The van der Waals surface area contributed by atoms with Crippen LogP contribution in [0.2, 0.25) is 0 Å². The topological polar surface area (TPSA) is 81.6 Å². The molecule has 1 aliphatic carbocycles. The number of H-pyrrole nitrogens is 1. The van der Waals surface area contributed by atoms with Crippen LogP contribution in [0.25, 0.3) is 0 Å². The van der Waals surface area contributed by atoms with Gasteiger partial charge in [0.25, 0.3) is 0 Å². The van der Waals surface area contributed by atoms with Crippen molar-refractivity contribution in [3.8, 4) is 6.07 Å². The van der Waals surface area contributed by atoms with Crippen LogP contribution in [0.15, 0.2) is 12.4 Å². The lowest BCUT2D eigenvalue weighted by atomic mass is 9.74. The molecule has 0 aromatic carbocycles. The molecule has 2 N–H and O–H groups in total. The number of hydrogen-bond acceptors (Lipinski definition) is 3. The van der Waals surface area contributed by atoms with Crippen molar-refractivity contribution in [2.75, 3.05) is 0 Å². The summed E-state index contributed by atoms with van der Waals surface area (Å²) in [5, 5.41) is 18.8. The average molecular weight is 246 g/mol. The molecule has 1 fully saturated rings. The highest BCUT2D eigenvalue weighted by Gasteiger charge is 2.40. The maximum atomic E-state index is 12.3. The van der Waals surface area contributed by atoms with Crippen molar-refractivity contribution in [1.29, 1.82) is 5.26 Å². The van der Waals surface area contributed by atoms with Crippen LogP contribution >= 0.6 is 0 Å². The van der Waals surface area contributed by atoms with Crippen molar-refractivity contribution >= 4 is 5.91 Å². The molecule has 1 aromatic rings. The molecule has 5 heteroatoms. The Morgan fingerprint density at radius 2 is 2.28 bits per heavy atom. The zero-order valence-electron chi connectivity index (χ0n) is 10.6. The maximum Gasteiger partial charge on any atom is 0.240 e. The molecular weight excluding hydrogens is 228 g/mol. The van der Waals surface area contributed by atoms with E-state index in [4.69, 9.17) is 0 Å². The summed E-state index contributed by atoms with van der Waals surface area (Å²) in [6.07, 6.45) is 7.83. The molecule has 5 nitrogen and oxygen atoms in total. The predicted molar refractivity (Wildman–Crippen MR) is 66.3 cm³/mol. The Labute approximate surface area is 107 Å².